The van der Waals surface area contributed by atoms with Crippen LogP contribution in [-0.4, -0.2) is 61.7 Å². The van der Waals surface area contributed by atoms with E-state index in [1.54, 1.807) is 55.8 Å². The molecule has 0 radical (unpaired) electrons. The van der Waals surface area contributed by atoms with Crippen molar-refractivity contribution in [3.63, 3.8) is 0 Å². The number of amides is 1. The molecular weight excluding hydrogens is 370 g/mol. The number of carbonyl (C=O) groups is 3. The summed E-state index contributed by atoms with van der Waals surface area (Å²) >= 11 is 0. The summed E-state index contributed by atoms with van der Waals surface area (Å²) in [6.07, 6.45) is 2.34. The van der Waals surface area contributed by atoms with Crippen molar-refractivity contribution in [3.8, 4) is 5.75 Å². The summed E-state index contributed by atoms with van der Waals surface area (Å²) in [5.74, 6) is -2.13. The van der Waals surface area contributed by atoms with Gasteiger partial charge in [0.1, 0.15) is 11.7 Å². The van der Waals surface area contributed by atoms with Crippen molar-refractivity contribution in [2.24, 2.45) is 5.92 Å². The Morgan fingerprint density at radius 2 is 1.86 bits per heavy atom. The summed E-state index contributed by atoms with van der Waals surface area (Å²) < 4.78 is 5.13. The molecule has 1 fully saturated rings. The summed E-state index contributed by atoms with van der Waals surface area (Å²) in [6, 6.07) is 11.2. The molecule has 1 aliphatic rings. The zero-order valence-corrected chi connectivity index (χ0v) is 16.9. The number of pyridine rings is 1. The maximum atomic E-state index is 13.2. The molecule has 2 heterocycles. The first-order valence-electron chi connectivity index (χ1n) is 9.67. The molecule has 1 N–H and O–H groups in total. The van der Waals surface area contributed by atoms with Gasteiger partial charge in [-0.15, -0.1) is 0 Å². The molecule has 29 heavy (non-hydrogen) atoms. The molecule has 0 saturated carbocycles. The molecule has 1 aromatic carbocycles. The lowest BCUT2D eigenvalue weighted by molar-refractivity contribution is -0.858. The van der Waals surface area contributed by atoms with Crippen LogP contribution in [-0.2, 0) is 9.59 Å². The van der Waals surface area contributed by atoms with Crippen molar-refractivity contribution in [2.45, 2.75) is 12.5 Å². The highest BCUT2D eigenvalue weighted by atomic mass is 16.5. The maximum absolute atomic E-state index is 13.2. The largest absolute Gasteiger partial charge is 0.497 e. The average Bonchev–Trinajstić information content (AvgIpc) is 2.98. The van der Waals surface area contributed by atoms with Gasteiger partial charge in [-0.2, -0.15) is 0 Å². The fraction of sp³-hybridized carbons (Fsp3) is 0.364. The SMILES string of the molecule is COc1ccc(C(=O)C2C(=O)C(=O)N(CCC[NH+](C)C)C2c2ccccn2)cc1. The molecule has 2 aromatic rings. The third-order valence-electron chi connectivity index (χ3n) is 5.13. The Balaban J connectivity index is 1.95. The second-order valence-corrected chi connectivity index (χ2v) is 7.44. The Labute approximate surface area is 170 Å². The van der Waals surface area contributed by atoms with Crippen LogP contribution in [0.1, 0.15) is 28.5 Å². The number of ether oxygens (including phenoxy) is 1. The van der Waals surface area contributed by atoms with E-state index in [4.69, 9.17) is 4.74 Å². The predicted octanol–water partition coefficient (Wildman–Crippen LogP) is 0.576. The van der Waals surface area contributed by atoms with Crippen LogP contribution in [0.3, 0.4) is 0 Å². The maximum Gasteiger partial charge on any atom is 0.291 e. The van der Waals surface area contributed by atoms with Crippen LogP contribution in [0.2, 0.25) is 0 Å². The number of Topliss-reactive ketones (excluding diaryl/α,β-unsaturated/α-hetero) is 2. The first kappa shape index (κ1) is 20.7. The molecule has 2 atom stereocenters. The van der Waals surface area contributed by atoms with Crippen molar-refractivity contribution in [1.82, 2.24) is 9.88 Å². The third kappa shape index (κ3) is 4.35. The standard InChI is InChI=1S/C22H25N3O4/c1-24(2)13-6-14-25-19(17-7-4-5-12-23-17)18(21(27)22(25)28)20(26)15-8-10-16(29-3)11-9-15/h4-5,7-12,18-19H,6,13-14H2,1-3H3/p+1. The Kier molecular flexibility index (Phi) is 6.39. The minimum absolute atomic E-state index is 0.373. The van der Waals surface area contributed by atoms with Crippen LogP contribution in [0.4, 0.5) is 0 Å². The van der Waals surface area contributed by atoms with Gasteiger partial charge in [-0.25, -0.2) is 0 Å². The van der Waals surface area contributed by atoms with Crippen LogP contribution >= 0.6 is 0 Å². The zero-order valence-electron chi connectivity index (χ0n) is 16.9. The Morgan fingerprint density at radius 3 is 2.45 bits per heavy atom. The lowest BCUT2D eigenvalue weighted by atomic mass is 9.88. The summed E-state index contributed by atoms with van der Waals surface area (Å²) in [6.45, 7) is 1.26. The van der Waals surface area contributed by atoms with Crippen LogP contribution in [0.5, 0.6) is 5.75 Å². The van der Waals surface area contributed by atoms with Gasteiger partial charge in [0.2, 0.25) is 5.78 Å². The van der Waals surface area contributed by atoms with E-state index < -0.39 is 23.7 Å². The number of rotatable bonds is 8. The van der Waals surface area contributed by atoms with E-state index in [1.165, 1.54) is 9.80 Å². The number of nitrogens with zero attached hydrogens (tertiary/aromatic N) is 2. The second kappa shape index (κ2) is 8.96. The van der Waals surface area contributed by atoms with Crippen molar-refractivity contribution in [3.05, 3.63) is 59.9 Å². The average molecular weight is 396 g/mol. The fourth-order valence-electron chi connectivity index (χ4n) is 3.65. The quantitative estimate of drug-likeness (QED) is 0.401. The monoisotopic (exact) mass is 396 g/mol. The minimum atomic E-state index is -1.10. The number of likely N-dealkylation sites (tertiary alicyclic amines) is 1. The van der Waals surface area contributed by atoms with Crippen molar-refractivity contribution in [1.29, 1.82) is 0 Å². The van der Waals surface area contributed by atoms with Gasteiger partial charge in [-0.05, 0) is 36.4 Å². The van der Waals surface area contributed by atoms with Crippen LogP contribution < -0.4 is 9.64 Å². The lowest BCUT2D eigenvalue weighted by Gasteiger charge is -2.26. The van der Waals surface area contributed by atoms with E-state index >= 15 is 0 Å². The van der Waals surface area contributed by atoms with Gasteiger partial charge in [0.25, 0.3) is 5.91 Å². The molecule has 1 aliphatic heterocycles. The molecule has 152 valence electrons. The van der Waals surface area contributed by atoms with E-state index in [9.17, 15) is 14.4 Å². The molecule has 7 nitrogen and oxygen atoms in total. The minimum Gasteiger partial charge on any atom is -0.497 e. The van der Waals surface area contributed by atoms with Gasteiger partial charge >= 0.3 is 0 Å². The van der Waals surface area contributed by atoms with E-state index in [2.05, 4.69) is 4.98 Å². The Bertz CT molecular complexity index is 881. The Morgan fingerprint density at radius 1 is 1.14 bits per heavy atom. The number of hydrogen-bond donors (Lipinski definition) is 1. The van der Waals surface area contributed by atoms with E-state index in [0.717, 1.165) is 13.0 Å². The zero-order chi connectivity index (χ0) is 21.0. The highest BCUT2D eigenvalue weighted by molar-refractivity contribution is 6.44. The molecule has 1 saturated heterocycles. The molecule has 0 aliphatic carbocycles. The summed E-state index contributed by atoms with van der Waals surface area (Å²) in [5.41, 5.74) is 0.924. The first-order valence-corrected chi connectivity index (χ1v) is 9.67. The number of methoxy groups -OCH3 is 1. The van der Waals surface area contributed by atoms with Crippen LogP contribution in [0.25, 0.3) is 0 Å². The van der Waals surface area contributed by atoms with Crippen molar-refractivity contribution >= 4 is 17.5 Å². The molecule has 0 bridgehead atoms. The van der Waals surface area contributed by atoms with Crippen molar-refractivity contribution in [2.75, 3.05) is 34.3 Å². The van der Waals surface area contributed by atoms with Gasteiger partial charge in [0.05, 0.1) is 39.5 Å². The number of hydrogen-bond acceptors (Lipinski definition) is 5. The number of carbonyl (C=O) groups excluding carboxylic acids is 3. The number of aromatic nitrogens is 1. The topological polar surface area (TPSA) is 81.0 Å². The van der Waals surface area contributed by atoms with Gasteiger partial charge in [0, 0.05) is 24.7 Å². The second-order valence-electron chi connectivity index (χ2n) is 7.44. The fourth-order valence-corrected chi connectivity index (χ4v) is 3.65. The molecule has 0 spiro atoms. The van der Waals surface area contributed by atoms with Crippen LogP contribution in [0.15, 0.2) is 48.7 Å². The predicted molar refractivity (Wildman–Crippen MR) is 107 cm³/mol. The molecule has 2 unspecified atom stereocenters. The van der Waals surface area contributed by atoms with Crippen molar-refractivity contribution < 1.29 is 24.0 Å². The Hall–Kier alpha value is -3.06. The number of quaternary nitrogens is 1. The van der Waals surface area contributed by atoms with E-state index in [1.807, 2.05) is 14.1 Å². The summed E-state index contributed by atoms with van der Waals surface area (Å²) in [4.78, 5) is 46.0. The highest BCUT2D eigenvalue weighted by Gasteiger charge is 2.52. The smallest absolute Gasteiger partial charge is 0.291 e. The first-order chi connectivity index (χ1) is 13.9. The number of ketones is 2. The molecule has 3 rings (SSSR count). The lowest BCUT2D eigenvalue weighted by Crippen LogP contribution is -3.05. The van der Waals surface area contributed by atoms with E-state index in [0.29, 0.717) is 23.6 Å². The highest BCUT2D eigenvalue weighted by Crippen LogP contribution is 2.37. The number of nitrogens with one attached hydrogen (secondary N) is 1. The molecule has 1 aromatic heterocycles. The molecule has 7 heteroatoms. The third-order valence-corrected chi connectivity index (χ3v) is 5.13. The number of benzene rings is 1. The molecule has 1 amide bonds. The van der Waals surface area contributed by atoms with Gasteiger partial charge in [-0.3, -0.25) is 19.4 Å². The summed E-state index contributed by atoms with van der Waals surface area (Å²) in [7, 11) is 5.60. The van der Waals surface area contributed by atoms with Gasteiger partial charge < -0.3 is 14.5 Å². The summed E-state index contributed by atoms with van der Waals surface area (Å²) in [5, 5.41) is 0. The van der Waals surface area contributed by atoms with Gasteiger partial charge in [0.15, 0.2) is 5.78 Å². The normalized spacial score (nSPS) is 19.1. The van der Waals surface area contributed by atoms with E-state index in [-0.39, 0.29) is 5.78 Å². The van der Waals surface area contributed by atoms with Gasteiger partial charge in [-0.1, -0.05) is 6.07 Å². The molecular formula is C22H26N3O4+. The van der Waals surface area contributed by atoms with Crippen LogP contribution in [0, 0.1) is 5.92 Å².